The fourth-order valence-electron chi connectivity index (χ4n) is 3.24. The first-order chi connectivity index (χ1) is 13.5. The number of nitriles is 1. The van der Waals surface area contributed by atoms with Crippen LogP contribution in [0, 0.1) is 25.2 Å². The minimum absolute atomic E-state index is 0.0695. The van der Waals surface area contributed by atoms with E-state index in [1.807, 2.05) is 11.0 Å². The van der Waals surface area contributed by atoms with Crippen LogP contribution >= 0.6 is 11.6 Å². The Labute approximate surface area is 170 Å². The molecule has 0 atom stereocenters. The van der Waals surface area contributed by atoms with E-state index in [1.165, 1.54) is 16.8 Å². The molecular weight excluding hydrogens is 372 g/mol. The van der Waals surface area contributed by atoms with E-state index in [1.54, 1.807) is 30.5 Å². The lowest BCUT2D eigenvalue weighted by molar-refractivity contribution is -0.112. The number of piperazine rings is 1. The summed E-state index contributed by atoms with van der Waals surface area (Å²) < 4.78 is 0. The fraction of sp³-hybridized carbons (Fsp3) is 0.273. The van der Waals surface area contributed by atoms with Crippen molar-refractivity contribution in [3.05, 3.63) is 70.4 Å². The molecule has 1 saturated heterocycles. The Morgan fingerprint density at radius 1 is 1.11 bits per heavy atom. The van der Waals surface area contributed by atoms with Crippen LogP contribution in [0.5, 0.6) is 0 Å². The summed E-state index contributed by atoms with van der Waals surface area (Å²) in [4.78, 5) is 16.8. The number of nitrogens with one attached hydrogen (secondary N) is 1. The van der Waals surface area contributed by atoms with Crippen LogP contribution in [-0.2, 0) is 4.79 Å². The lowest BCUT2D eigenvalue weighted by atomic mass is 10.1. The Morgan fingerprint density at radius 2 is 1.82 bits per heavy atom. The van der Waals surface area contributed by atoms with Gasteiger partial charge in [-0.3, -0.25) is 4.79 Å². The molecule has 0 saturated carbocycles. The Kier molecular flexibility index (Phi) is 6.23. The molecule has 1 fully saturated rings. The number of amides is 1. The van der Waals surface area contributed by atoms with Gasteiger partial charge in [-0.05, 0) is 43.2 Å². The fourth-order valence-corrected chi connectivity index (χ4v) is 3.43. The maximum absolute atomic E-state index is 12.4. The maximum Gasteiger partial charge on any atom is 0.267 e. The molecule has 6 heteroatoms. The summed E-state index contributed by atoms with van der Waals surface area (Å²) >= 11 is 6.07. The SMILES string of the molecule is Cc1cccc(N2CCN(/C=C(/C#N)C(=O)Nc3ccccc3Cl)CC2)c1C. The molecule has 0 radical (unpaired) electrons. The molecule has 2 aromatic rings. The second kappa shape index (κ2) is 8.81. The van der Waals surface area contributed by atoms with Crippen LogP contribution in [0.2, 0.25) is 5.02 Å². The summed E-state index contributed by atoms with van der Waals surface area (Å²) in [7, 11) is 0. The third-order valence-electron chi connectivity index (χ3n) is 5.03. The van der Waals surface area contributed by atoms with Crippen LogP contribution in [0.1, 0.15) is 11.1 Å². The molecule has 0 aliphatic carbocycles. The largest absolute Gasteiger partial charge is 0.373 e. The predicted molar refractivity (Wildman–Crippen MR) is 113 cm³/mol. The highest BCUT2D eigenvalue weighted by Gasteiger charge is 2.19. The number of halogens is 1. The Morgan fingerprint density at radius 3 is 2.50 bits per heavy atom. The Balaban J connectivity index is 1.65. The van der Waals surface area contributed by atoms with Gasteiger partial charge in [0.05, 0.1) is 10.7 Å². The quantitative estimate of drug-likeness (QED) is 0.625. The van der Waals surface area contributed by atoms with Gasteiger partial charge in [-0.25, -0.2) is 0 Å². The second-order valence-electron chi connectivity index (χ2n) is 6.83. The summed E-state index contributed by atoms with van der Waals surface area (Å²) in [5.41, 5.74) is 4.39. The predicted octanol–water partition coefficient (Wildman–Crippen LogP) is 4.13. The second-order valence-corrected chi connectivity index (χ2v) is 7.24. The third kappa shape index (κ3) is 4.47. The molecule has 1 aliphatic rings. The molecule has 28 heavy (non-hydrogen) atoms. The molecule has 1 aliphatic heterocycles. The monoisotopic (exact) mass is 394 g/mol. The normalized spacial score (nSPS) is 14.6. The maximum atomic E-state index is 12.4. The number of aryl methyl sites for hydroxylation is 1. The number of rotatable bonds is 4. The van der Waals surface area contributed by atoms with Crippen LogP contribution in [0.3, 0.4) is 0 Å². The van der Waals surface area contributed by atoms with E-state index >= 15 is 0 Å². The lowest BCUT2D eigenvalue weighted by Gasteiger charge is -2.36. The summed E-state index contributed by atoms with van der Waals surface area (Å²) in [6.07, 6.45) is 1.65. The van der Waals surface area contributed by atoms with Gasteiger partial charge in [-0.2, -0.15) is 5.26 Å². The summed E-state index contributed by atoms with van der Waals surface area (Å²) in [5.74, 6) is -0.451. The Hall–Kier alpha value is -2.97. The van der Waals surface area contributed by atoms with Crippen molar-refractivity contribution in [1.29, 1.82) is 5.26 Å². The highest BCUT2D eigenvalue weighted by atomic mass is 35.5. The first-order valence-electron chi connectivity index (χ1n) is 9.22. The third-order valence-corrected chi connectivity index (χ3v) is 5.36. The van der Waals surface area contributed by atoms with Crippen LogP contribution in [0.25, 0.3) is 0 Å². The van der Waals surface area contributed by atoms with Crippen LogP contribution < -0.4 is 10.2 Å². The molecule has 5 nitrogen and oxygen atoms in total. The summed E-state index contributed by atoms with van der Waals surface area (Å²) in [6, 6.07) is 15.3. The van der Waals surface area contributed by atoms with Crippen LogP contribution in [0.4, 0.5) is 11.4 Å². The topological polar surface area (TPSA) is 59.4 Å². The van der Waals surface area contributed by atoms with Gasteiger partial charge in [0.25, 0.3) is 5.91 Å². The summed E-state index contributed by atoms with van der Waals surface area (Å²) in [6.45, 7) is 7.44. The van der Waals surface area contributed by atoms with E-state index in [9.17, 15) is 10.1 Å². The van der Waals surface area contributed by atoms with Gasteiger partial charge in [0, 0.05) is 38.1 Å². The minimum atomic E-state index is -0.451. The molecule has 0 bridgehead atoms. The van der Waals surface area contributed by atoms with E-state index in [0.29, 0.717) is 10.7 Å². The van der Waals surface area contributed by atoms with Gasteiger partial charge in [0.1, 0.15) is 11.6 Å². The van der Waals surface area contributed by atoms with Gasteiger partial charge < -0.3 is 15.1 Å². The zero-order valence-electron chi connectivity index (χ0n) is 16.1. The molecular formula is C22H23ClN4O. The molecule has 0 spiro atoms. The van der Waals surface area contributed by atoms with E-state index in [-0.39, 0.29) is 5.57 Å². The number of anilines is 2. The molecule has 144 valence electrons. The first-order valence-corrected chi connectivity index (χ1v) is 9.60. The van der Waals surface area contributed by atoms with Gasteiger partial charge in [0.15, 0.2) is 0 Å². The minimum Gasteiger partial charge on any atom is -0.373 e. The average Bonchev–Trinajstić information content (AvgIpc) is 2.70. The number of nitrogens with zero attached hydrogens (tertiary/aromatic N) is 3. The molecule has 1 N–H and O–H groups in total. The van der Waals surface area contributed by atoms with E-state index in [0.717, 1.165) is 26.2 Å². The van der Waals surface area contributed by atoms with Crippen molar-refractivity contribution in [2.75, 3.05) is 36.4 Å². The molecule has 0 aromatic heterocycles. The van der Waals surface area contributed by atoms with Crippen molar-refractivity contribution in [3.8, 4) is 6.07 Å². The van der Waals surface area contributed by atoms with Crippen molar-refractivity contribution in [2.45, 2.75) is 13.8 Å². The average molecular weight is 395 g/mol. The van der Waals surface area contributed by atoms with Crippen molar-refractivity contribution >= 4 is 28.9 Å². The molecule has 1 heterocycles. The molecule has 2 aromatic carbocycles. The van der Waals surface area contributed by atoms with Crippen molar-refractivity contribution < 1.29 is 4.79 Å². The number of carbonyl (C=O) groups excluding carboxylic acids is 1. The zero-order valence-corrected chi connectivity index (χ0v) is 16.8. The number of hydrogen-bond acceptors (Lipinski definition) is 4. The van der Waals surface area contributed by atoms with Gasteiger partial charge in [-0.15, -0.1) is 0 Å². The number of benzene rings is 2. The highest BCUT2D eigenvalue weighted by molar-refractivity contribution is 6.33. The standard InChI is InChI=1S/C22H23ClN4O/c1-16-6-5-9-21(17(16)2)27-12-10-26(11-13-27)15-18(14-24)22(28)25-20-8-4-3-7-19(20)23/h3-9,15H,10-13H2,1-2H3,(H,25,28)/b18-15-. The highest BCUT2D eigenvalue weighted by Crippen LogP contribution is 2.24. The van der Waals surface area contributed by atoms with Crippen molar-refractivity contribution in [3.63, 3.8) is 0 Å². The number of para-hydroxylation sites is 1. The van der Waals surface area contributed by atoms with E-state index < -0.39 is 5.91 Å². The van der Waals surface area contributed by atoms with Gasteiger partial charge in [-0.1, -0.05) is 35.9 Å². The van der Waals surface area contributed by atoms with Crippen molar-refractivity contribution in [2.24, 2.45) is 0 Å². The van der Waals surface area contributed by atoms with E-state index in [2.05, 4.69) is 42.3 Å². The van der Waals surface area contributed by atoms with Gasteiger partial charge >= 0.3 is 0 Å². The first kappa shape index (κ1) is 19.8. The van der Waals surface area contributed by atoms with Crippen molar-refractivity contribution in [1.82, 2.24) is 4.90 Å². The van der Waals surface area contributed by atoms with Crippen LogP contribution in [0.15, 0.2) is 54.2 Å². The number of hydrogen-bond donors (Lipinski definition) is 1. The molecule has 3 rings (SSSR count). The van der Waals surface area contributed by atoms with Gasteiger partial charge in [0.2, 0.25) is 0 Å². The molecule has 0 unspecified atom stereocenters. The van der Waals surface area contributed by atoms with Crippen LogP contribution in [-0.4, -0.2) is 37.0 Å². The van der Waals surface area contributed by atoms with E-state index in [4.69, 9.17) is 11.6 Å². The zero-order chi connectivity index (χ0) is 20.1. The lowest BCUT2D eigenvalue weighted by Crippen LogP contribution is -2.44. The summed E-state index contributed by atoms with van der Waals surface area (Å²) in [5, 5.41) is 12.6. The number of carbonyl (C=O) groups is 1. The molecule has 1 amide bonds. The Bertz CT molecular complexity index is 940. The smallest absolute Gasteiger partial charge is 0.267 e.